The lowest BCUT2D eigenvalue weighted by atomic mass is 9.79. The van der Waals surface area contributed by atoms with Crippen LogP contribution in [0.1, 0.15) is 25.0 Å². The topological polar surface area (TPSA) is 13.1 Å². The van der Waals surface area contributed by atoms with Gasteiger partial charge in [-0.3, -0.25) is 0 Å². The van der Waals surface area contributed by atoms with Gasteiger partial charge in [0.2, 0.25) is 0 Å². The predicted octanol–water partition coefficient (Wildman–Crippen LogP) is 12.7. The number of furan rings is 1. The van der Waals surface area contributed by atoms with Gasteiger partial charge in [0.05, 0.1) is 0 Å². The number of hydrogen-bond acceptors (Lipinski definition) is 1. The smallest absolute Gasteiger partial charge is 0.143 e. The first kappa shape index (κ1) is 25.6. The van der Waals surface area contributed by atoms with Crippen LogP contribution in [0.25, 0.3) is 87.6 Å². The molecule has 1 aliphatic carbocycles. The van der Waals surface area contributed by atoms with Crippen LogP contribution in [-0.2, 0) is 5.41 Å². The van der Waals surface area contributed by atoms with E-state index in [9.17, 15) is 0 Å². The molecular formula is C45H30O. The SMILES string of the molecule is CC1(C)c2ccccc2-c2ccc3cc(-c4c5ccccc5c(-c5cccc6c5oc5ccccc56)c5ccccc45)ccc3c21. The molecule has 1 nitrogen and oxygen atoms in total. The lowest BCUT2D eigenvalue weighted by Crippen LogP contribution is -2.15. The Morgan fingerprint density at radius 1 is 0.435 bits per heavy atom. The molecule has 0 atom stereocenters. The summed E-state index contributed by atoms with van der Waals surface area (Å²) in [6, 6.07) is 53.3. The molecule has 0 saturated carbocycles. The first-order chi connectivity index (χ1) is 22.6. The van der Waals surface area contributed by atoms with E-state index in [0.29, 0.717) is 0 Å². The fraction of sp³-hybridized carbons (Fsp3) is 0.0667. The monoisotopic (exact) mass is 586 g/mol. The maximum Gasteiger partial charge on any atom is 0.143 e. The second-order valence-electron chi connectivity index (χ2n) is 13.2. The highest BCUT2D eigenvalue weighted by Gasteiger charge is 2.36. The highest BCUT2D eigenvalue weighted by atomic mass is 16.3. The van der Waals surface area contributed by atoms with Crippen molar-refractivity contribution in [2.45, 2.75) is 19.3 Å². The van der Waals surface area contributed by atoms with Crippen molar-refractivity contribution in [2.24, 2.45) is 0 Å². The van der Waals surface area contributed by atoms with E-state index < -0.39 is 0 Å². The molecule has 0 N–H and O–H groups in total. The van der Waals surface area contributed by atoms with Crippen LogP contribution >= 0.6 is 0 Å². The van der Waals surface area contributed by atoms with Crippen molar-refractivity contribution >= 4 is 54.3 Å². The van der Waals surface area contributed by atoms with Crippen LogP contribution in [-0.4, -0.2) is 0 Å². The molecule has 0 unspecified atom stereocenters. The third kappa shape index (κ3) is 3.35. The molecule has 1 heteroatoms. The molecule has 0 amide bonds. The summed E-state index contributed by atoms with van der Waals surface area (Å²) in [6.07, 6.45) is 0. The van der Waals surface area contributed by atoms with Gasteiger partial charge >= 0.3 is 0 Å². The van der Waals surface area contributed by atoms with Gasteiger partial charge < -0.3 is 4.42 Å². The molecule has 1 aromatic heterocycles. The van der Waals surface area contributed by atoms with E-state index in [-0.39, 0.29) is 5.41 Å². The van der Waals surface area contributed by atoms with Crippen molar-refractivity contribution in [3.63, 3.8) is 0 Å². The Bertz CT molecular complexity index is 2660. The van der Waals surface area contributed by atoms with Crippen molar-refractivity contribution in [3.05, 3.63) is 157 Å². The fourth-order valence-electron chi connectivity index (χ4n) is 8.45. The van der Waals surface area contributed by atoms with E-state index in [0.717, 1.165) is 27.5 Å². The minimum absolute atomic E-state index is 0.0499. The Kier molecular flexibility index (Phi) is 5.12. The molecule has 0 bridgehead atoms. The van der Waals surface area contributed by atoms with Crippen molar-refractivity contribution < 1.29 is 4.42 Å². The molecule has 9 aromatic rings. The highest BCUT2D eigenvalue weighted by Crippen LogP contribution is 2.52. The third-order valence-electron chi connectivity index (χ3n) is 10.4. The Morgan fingerprint density at radius 3 is 1.80 bits per heavy atom. The number of hydrogen-bond donors (Lipinski definition) is 0. The third-order valence-corrected chi connectivity index (χ3v) is 10.4. The molecule has 10 rings (SSSR count). The van der Waals surface area contributed by atoms with Crippen LogP contribution in [0.3, 0.4) is 0 Å². The van der Waals surface area contributed by atoms with Crippen molar-refractivity contribution in [3.8, 4) is 33.4 Å². The molecule has 216 valence electrons. The molecule has 0 radical (unpaired) electrons. The average molecular weight is 587 g/mol. The van der Waals surface area contributed by atoms with E-state index >= 15 is 0 Å². The number of para-hydroxylation sites is 2. The summed E-state index contributed by atoms with van der Waals surface area (Å²) >= 11 is 0. The second kappa shape index (κ2) is 9.19. The summed E-state index contributed by atoms with van der Waals surface area (Å²) in [7, 11) is 0. The fourth-order valence-corrected chi connectivity index (χ4v) is 8.45. The van der Waals surface area contributed by atoms with Gasteiger partial charge in [-0.05, 0) is 77.8 Å². The van der Waals surface area contributed by atoms with Crippen molar-refractivity contribution in [1.82, 2.24) is 0 Å². The predicted molar refractivity (Wildman–Crippen MR) is 195 cm³/mol. The molecule has 0 saturated heterocycles. The van der Waals surface area contributed by atoms with Gasteiger partial charge in [-0.25, -0.2) is 0 Å². The standard InChI is InChI=1S/C45H30O/c1-45(2)39-20-9-7-12-30(39)36-25-22-27-26-28(23-24-29(27)43(36)45)41-32-14-3-5-16-34(32)42(35-17-6-4-15-33(35)41)38-19-11-18-37-31-13-8-10-21-40(31)46-44(37)38/h3-26H,1-2H3. The molecule has 1 heterocycles. The van der Waals surface area contributed by atoms with Crippen LogP contribution in [0.4, 0.5) is 0 Å². The van der Waals surface area contributed by atoms with E-state index in [1.165, 1.54) is 71.3 Å². The van der Waals surface area contributed by atoms with Crippen LogP contribution in [0.15, 0.2) is 150 Å². The van der Waals surface area contributed by atoms with Gasteiger partial charge in [0.25, 0.3) is 0 Å². The van der Waals surface area contributed by atoms with Crippen LogP contribution in [0.5, 0.6) is 0 Å². The summed E-state index contributed by atoms with van der Waals surface area (Å²) in [5, 5.41) is 9.88. The van der Waals surface area contributed by atoms with Crippen molar-refractivity contribution in [2.75, 3.05) is 0 Å². The summed E-state index contributed by atoms with van der Waals surface area (Å²) < 4.78 is 6.58. The van der Waals surface area contributed by atoms with E-state index in [1.54, 1.807) is 0 Å². The lowest BCUT2D eigenvalue weighted by molar-refractivity contribution is 0.666. The van der Waals surface area contributed by atoms with Crippen LogP contribution < -0.4 is 0 Å². The van der Waals surface area contributed by atoms with Gasteiger partial charge in [0.1, 0.15) is 11.2 Å². The molecule has 1 aliphatic rings. The van der Waals surface area contributed by atoms with Crippen LogP contribution in [0, 0.1) is 0 Å². The maximum atomic E-state index is 6.58. The summed E-state index contributed by atoms with van der Waals surface area (Å²) in [5.41, 5.74) is 12.2. The normalized spacial score (nSPS) is 13.6. The van der Waals surface area contributed by atoms with Crippen molar-refractivity contribution in [1.29, 1.82) is 0 Å². The molecule has 0 spiro atoms. The van der Waals surface area contributed by atoms with E-state index in [4.69, 9.17) is 4.42 Å². The zero-order valence-electron chi connectivity index (χ0n) is 25.8. The first-order valence-electron chi connectivity index (χ1n) is 16.1. The lowest BCUT2D eigenvalue weighted by Gasteiger charge is -2.23. The minimum atomic E-state index is -0.0499. The van der Waals surface area contributed by atoms with Gasteiger partial charge in [-0.1, -0.05) is 147 Å². The highest BCUT2D eigenvalue weighted by molar-refractivity contribution is 6.24. The first-order valence-corrected chi connectivity index (χ1v) is 16.1. The Hall–Kier alpha value is -5.66. The second-order valence-corrected chi connectivity index (χ2v) is 13.2. The number of benzene rings is 8. The van der Waals surface area contributed by atoms with Gasteiger partial charge in [-0.2, -0.15) is 0 Å². The van der Waals surface area contributed by atoms with E-state index in [2.05, 4.69) is 153 Å². The summed E-state index contributed by atoms with van der Waals surface area (Å²) in [5.74, 6) is 0. The molecule has 0 fully saturated rings. The maximum absolute atomic E-state index is 6.58. The van der Waals surface area contributed by atoms with Crippen LogP contribution in [0.2, 0.25) is 0 Å². The Balaban J connectivity index is 1.26. The molecule has 8 aromatic carbocycles. The zero-order chi connectivity index (χ0) is 30.6. The largest absolute Gasteiger partial charge is 0.455 e. The number of fused-ring (bicyclic) bond motifs is 10. The van der Waals surface area contributed by atoms with E-state index in [1.807, 2.05) is 6.07 Å². The quantitative estimate of drug-likeness (QED) is 0.184. The Morgan fingerprint density at radius 2 is 1.04 bits per heavy atom. The molecular weight excluding hydrogens is 556 g/mol. The summed E-state index contributed by atoms with van der Waals surface area (Å²) in [4.78, 5) is 0. The number of rotatable bonds is 2. The average Bonchev–Trinajstić information content (AvgIpc) is 3.59. The minimum Gasteiger partial charge on any atom is -0.455 e. The van der Waals surface area contributed by atoms with Gasteiger partial charge in [-0.15, -0.1) is 0 Å². The van der Waals surface area contributed by atoms with Gasteiger partial charge in [0.15, 0.2) is 0 Å². The summed E-state index contributed by atoms with van der Waals surface area (Å²) in [6.45, 7) is 4.74. The Labute approximate surface area is 267 Å². The van der Waals surface area contributed by atoms with Gasteiger partial charge in [0, 0.05) is 27.3 Å². The zero-order valence-corrected chi connectivity index (χ0v) is 25.8. The molecule has 0 aliphatic heterocycles. The molecule has 46 heavy (non-hydrogen) atoms.